The second-order valence-corrected chi connectivity index (χ2v) is 7.92. The van der Waals surface area contributed by atoms with Crippen LogP contribution in [0, 0.1) is 13.8 Å². The highest BCUT2D eigenvalue weighted by Crippen LogP contribution is 2.22. The number of aryl methyl sites for hydroxylation is 2. The van der Waals surface area contributed by atoms with E-state index in [2.05, 4.69) is 67.7 Å². The van der Waals surface area contributed by atoms with E-state index in [0.29, 0.717) is 5.25 Å². The Bertz CT molecular complexity index is 715. The predicted octanol–water partition coefficient (Wildman–Crippen LogP) is 3.93. The third-order valence-electron chi connectivity index (χ3n) is 4.26. The molecule has 0 aliphatic carbocycles. The van der Waals surface area contributed by atoms with E-state index >= 15 is 0 Å². The number of benzene rings is 1. The monoisotopic (exact) mass is 501 g/mol. The van der Waals surface area contributed by atoms with E-state index in [1.54, 1.807) is 0 Å². The van der Waals surface area contributed by atoms with Crippen molar-refractivity contribution in [1.82, 2.24) is 20.4 Å². The summed E-state index contributed by atoms with van der Waals surface area (Å²) >= 11 is 1.86. The highest BCUT2D eigenvalue weighted by molar-refractivity contribution is 14.0. The number of aromatic nitrogens is 2. The van der Waals surface area contributed by atoms with Gasteiger partial charge in [0, 0.05) is 36.0 Å². The fourth-order valence-corrected chi connectivity index (χ4v) is 3.74. The summed E-state index contributed by atoms with van der Waals surface area (Å²) in [5, 5.41) is 11.7. The van der Waals surface area contributed by atoms with Crippen LogP contribution >= 0.6 is 35.7 Å². The van der Waals surface area contributed by atoms with E-state index in [0.717, 1.165) is 37.7 Å². The first-order valence-corrected chi connectivity index (χ1v) is 10.1. The summed E-state index contributed by atoms with van der Waals surface area (Å²) in [7, 11) is 2.00. The van der Waals surface area contributed by atoms with Gasteiger partial charge in [0.1, 0.15) is 0 Å². The van der Waals surface area contributed by atoms with Crippen molar-refractivity contribution in [3.8, 4) is 0 Å². The number of hydrogen-bond donors (Lipinski definition) is 2. The number of guanidine groups is 1. The van der Waals surface area contributed by atoms with Gasteiger partial charge in [0.15, 0.2) is 5.96 Å². The minimum atomic E-state index is 0. The van der Waals surface area contributed by atoms with Crippen molar-refractivity contribution >= 4 is 41.7 Å². The van der Waals surface area contributed by atoms with Gasteiger partial charge in [0.25, 0.3) is 0 Å². The Hall–Kier alpha value is -1.22. The third kappa shape index (κ3) is 7.73. The molecule has 0 radical (unpaired) electrons. The van der Waals surface area contributed by atoms with Crippen molar-refractivity contribution in [2.24, 2.45) is 12.0 Å². The van der Waals surface area contributed by atoms with Gasteiger partial charge >= 0.3 is 0 Å². The molecular weight excluding hydrogens is 469 g/mol. The van der Waals surface area contributed by atoms with Crippen LogP contribution in [0.3, 0.4) is 0 Å². The Balaban J connectivity index is 0.00000364. The molecule has 1 aromatic carbocycles. The number of aliphatic imine (C=N–C) groups is 1. The zero-order chi connectivity index (χ0) is 18.9. The van der Waals surface area contributed by atoms with Crippen molar-refractivity contribution < 1.29 is 0 Å². The van der Waals surface area contributed by atoms with Gasteiger partial charge in [-0.25, -0.2) is 0 Å². The molecule has 27 heavy (non-hydrogen) atoms. The molecule has 0 saturated heterocycles. The smallest absolute Gasteiger partial charge is 0.191 e. The van der Waals surface area contributed by atoms with Crippen molar-refractivity contribution in [3.05, 3.63) is 47.3 Å². The van der Waals surface area contributed by atoms with Gasteiger partial charge in [-0.3, -0.25) is 9.67 Å². The molecular formula is C20H32IN5S. The zero-order valence-corrected chi connectivity index (χ0v) is 20.1. The number of rotatable bonds is 8. The summed E-state index contributed by atoms with van der Waals surface area (Å²) in [5.74, 6) is 0.882. The second-order valence-electron chi connectivity index (χ2n) is 6.41. The molecule has 0 saturated carbocycles. The highest BCUT2D eigenvalue weighted by Gasteiger charge is 2.09. The summed E-state index contributed by atoms with van der Waals surface area (Å²) in [6.07, 6.45) is 0.949. The first-order chi connectivity index (χ1) is 12.5. The lowest BCUT2D eigenvalue weighted by atomic mass is 10.1. The number of nitrogens with one attached hydrogen (secondary N) is 2. The van der Waals surface area contributed by atoms with Gasteiger partial charge in [-0.05, 0) is 44.9 Å². The van der Waals surface area contributed by atoms with Crippen LogP contribution in [0.1, 0.15) is 30.8 Å². The number of thioether (sulfide) groups is 1. The van der Waals surface area contributed by atoms with E-state index in [9.17, 15) is 0 Å². The number of hydrogen-bond acceptors (Lipinski definition) is 3. The van der Waals surface area contributed by atoms with Crippen LogP contribution in [0.2, 0.25) is 0 Å². The quantitative estimate of drug-likeness (QED) is 0.249. The van der Waals surface area contributed by atoms with Crippen molar-refractivity contribution in [3.63, 3.8) is 0 Å². The summed E-state index contributed by atoms with van der Waals surface area (Å²) in [4.78, 5) is 6.03. The van der Waals surface area contributed by atoms with Crippen molar-refractivity contribution in [2.45, 2.75) is 44.3 Å². The standard InChI is InChI=1S/C20H31N5S.HI/c1-6-21-20(22-13-12-19-16(3)24-25(5)17(19)4)23-14-15(2)26-18-10-8-7-9-11-18;/h7-11,15H,6,12-14H2,1-5H3,(H2,21,22,23);1H. The molecule has 1 heterocycles. The fourth-order valence-electron chi connectivity index (χ4n) is 2.82. The Morgan fingerprint density at radius 2 is 1.93 bits per heavy atom. The lowest BCUT2D eigenvalue weighted by Gasteiger charge is -2.13. The Morgan fingerprint density at radius 1 is 1.22 bits per heavy atom. The Kier molecular flexibility index (Phi) is 10.8. The molecule has 0 aliphatic rings. The van der Waals surface area contributed by atoms with Gasteiger partial charge in [-0.1, -0.05) is 25.1 Å². The summed E-state index contributed by atoms with van der Waals surface area (Å²) < 4.78 is 1.95. The molecule has 0 bridgehead atoms. The molecule has 2 aromatic rings. The van der Waals surface area contributed by atoms with Crippen LogP contribution in [0.25, 0.3) is 0 Å². The summed E-state index contributed by atoms with van der Waals surface area (Å²) in [6.45, 7) is 11.0. The lowest BCUT2D eigenvalue weighted by molar-refractivity contribution is 0.729. The maximum atomic E-state index is 4.74. The Labute approximate surface area is 184 Å². The summed E-state index contributed by atoms with van der Waals surface area (Å²) in [5.41, 5.74) is 3.67. The number of halogens is 1. The predicted molar refractivity (Wildman–Crippen MR) is 128 cm³/mol. The average molecular weight is 501 g/mol. The molecule has 0 spiro atoms. The number of nitrogens with zero attached hydrogens (tertiary/aromatic N) is 3. The summed E-state index contributed by atoms with van der Waals surface area (Å²) in [6, 6.07) is 10.5. The normalized spacial score (nSPS) is 12.4. The van der Waals surface area contributed by atoms with Gasteiger partial charge in [-0.15, -0.1) is 35.7 Å². The molecule has 1 atom stereocenters. The van der Waals surface area contributed by atoms with Gasteiger partial charge < -0.3 is 10.6 Å². The molecule has 0 aliphatic heterocycles. The molecule has 1 unspecified atom stereocenters. The third-order valence-corrected chi connectivity index (χ3v) is 5.35. The largest absolute Gasteiger partial charge is 0.357 e. The van der Waals surface area contributed by atoms with Gasteiger partial charge in [-0.2, -0.15) is 5.10 Å². The van der Waals surface area contributed by atoms with E-state index in [4.69, 9.17) is 4.99 Å². The molecule has 0 fully saturated rings. The highest BCUT2D eigenvalue weighted by atomic mass is 127. The van der Waals surface area contributed by atoms with Crippen LogP contribution in [-0.4, -0.2) is 40.6 Å². The first-order valence-electron chi connectivity index (χ1n) is 9.24. The second kappa shape index (κ2) is 12.3. The fraction of sp³-hybridized carbons (Fsp3) is 0.500. The first kappa shape index (κ1) is 23.8. The minimum absolute atomic E-state index is 0. The van der Waals surface area contributed by atoms with E-state index in [-0.39, 0.29) is 24.0 Å². The lowest BCUT2D eigenvalue weighted by Crippen LogP contribution is -2.38. The van der Waals surface area contributed by atoms with Crippen LogP contribution in [-0.2, 0) is 13.5 Å². The SMILES string of the molecule is CCNC(=NCC(C)Sc1ccccc1)NCCc1c(C)nn(C)c1C.I. The van der Waals surface area contributed by atoms with Crippen LogP contribution < -0.4 is 10.6 Å². The molecule has 0 amide bonds. The van der Waals surface area contributed by atoms with E-state index in [1.807, 2.05) is 29.6 Å². The maximum absolute atomic E-state index is 4.74. The van der Waals surface area contributed by atoms with Crippen molar-refractivity contribution in [2.75, 3.05) is 19.6 Å². The minimum Gasteiger partial charge on any atom is -0.357 e. The van der Waals surface area contributed by atoms with Crippen LogP contribution in [0.5, 0.6) is 0 Å². The average Bonchev–Trinajstić information content (AvgIpc) is 2.86. The Morgan fingerprint density at radius 3 is 2.52 bits per heavy atom. The molecule has 2 N–H and O–H groups in total. The zero-order valence-electron chi connectivity index (χ0n) is 17.0. The van der Waals surface area contributed by atoms with Crippen LogP contribution in [0.15, 0.2) is 40.2 Å². The molecule has 5 nitrogen and oxygen atoms in total. The van der Waals surface area contributed by atoms with Gasteiger partial charge in [0.05, 0.1) is 12.2 Å². The van der Waals surface area contributed by atoms with E-state index in [1.165, 1.54) is 16.2 Å². The maximum Gasteiger partial charge on any atom is 0.191 e. The van der Waals surface area contributed by atoms with Crippen molar-refractivity contribution in [1.29, 1.82) is 0 Å². The molecule has 1 aromatic heterocycles. The molecule has 2 rings (SSSR count). The van der Waals surface area contributed by atoms with Crippen LogP contribution in [0.4, 0.5) is 0 Å². The van der Waals surface area contributed by atoms with E-state index < -0.39 is 0 Å². The molecule has 150 valence electrons. The molecule has 7 heteroatoms. The van der Waals surface area contributed by atoms with Gasteiger partial charge in [0.2, 0.25) is 0 Å². The topological polar surface area (TPSA) is 54.2 Å².